The largest absolute Gasteiger partial charge is 0.370 e. The molecule has 0 radical (unpaired) electrons. The van der Waals surface area contributed by atoms with Crippen molar-refractivity contribution in [2.45, 2.75) is 11.4 Å². The Labute approximate surface area is 212 Å². The molecular weight excluding hydrogens is 564 g/mol. The van der Waals surface area contributed by atoms with Crippen molar-refractivity contribution in [3.63, 3.8) is 0 Å². The van der Waals surface area contributed by atoms with Crippen molar-refractivity contribution >= 4 is 66.1 Å². The molecule has 1 aliphatic carbocycles. The fourth-order valence-electron chi connectivity index (χ4n) is 3.95. The summed E-state index contributed by atoms with van der Waals surface area (Å²) in [4.78, 5) is 17.4. The van der Waals surface area contributed by atoms with E-state index in [-0.39, 0.29) is 5.96 Å². The molecular formula is C24H20Br2N6S. The number of hydrogen-bond acceptors (Lipinski definition) is 4. The first-order valence-corrected chi connectivity index (χ1v) is 12.9. The summed E-state index contributed by atoms with van der Waals surface area (Å²) in [7, 11) is 0. The summed E-state index contributed by atoms with van der Waals surface area (Å²) in [6, 6.07) is 12.5. The van der Waals surface area contributed by atoms with Gasteiger partial charge in [0.15, 0.2) is 5.96 Å². The van der Waals surface area contributed by atoms with Gasteiger partial charge in [0.1, 0.15) is 10.7 Å². The zero-order valence-electron chi connectivity index (χ0n) is 17.5. The number of guanidine groups is 1. The van der Waals surface area contributed by atoms with Crippen LogP contribution in [0.4, 0.5) is 0 Å². The molecule has 9 heteroatoms. The van der Waals surface area contributed by atoms with Gasteiger partial charge in [0, 0.05) is 42.9 Å². The number of aliphatic imine (C=N–C) groups is 1. The standard InChI is InChI=1S/C24H20Br2N6S/c25-14-2-5-16-13(9-14)1-4-18(16)22-23(33-8-7-29-24(27)28)32-21(12-31-22)19-11-30-20-10-15(26)3-6-17(19)20/h2-6,9-12,30H,1,7-8H2,(H4,27,28,29). The molecule has 0 saturated carbocycles. The van der Waals surface area contributed by atoms with Gasteiger partial charge < -0.3 is 16.5 Å². The predicted molar refractivity (Wildman–Crippen MR) is 143 cm³/mol. The van der Waals surface area contributed by atoms with E-state index >= 15 is 0 Å². The molecule has 0 spiro atoms. The minimum Gasteiger partial charge on any atom is -0.370 e. The number of aromatic nitrogens is 3. The van der Waals surface area contributed by atoms with Crippen LogP contribution in [0.2, 0.25) is 0 Å². The highest BCUT2D eigenvalue weighted by Gasteiger charge is 2.22. The average molecular weight is 584 g/mol. The lowest BCUT2D eigenvalue weighted by Crippen LogP contribution is -2.23. The molecule has 5 rings (SSSR count). The second kappa shape index (κ2) is 9.32. The first-order chi connectivity index (χ1) is 16.0. The molecule has 0 unspecified atom stereocenters. The van der Waals surface area contributed by atoms with E-state index in [0.29, 0.717) is 12.3 Å². The highest BCUT2D eigenvalue weighted by Crippen LogP contribution is 2.38. The second-order valence-corrected chi connectivity index (χ2v) is 10.5. The van der Waals surface area contributed by atoms with Gasteiger partial charge in [0.05, 0.1) is 18.4 Å². The van der Waals surface area contributed by atoms with Crippen LogP contribution in [-0.2, 0) is 6.42 Å². The van der Waals surface area contributed by atoms with E-state index in [1.54, 1.807) is 11.8 Å². The molecule has 0 atom stereocenters. The zero-order chi connectivity index (χ0) is 22.9. The molecule has 0 saturated heterocycles. The zero-order valence-corrected chi connectivity index (χ0v) is 21.5. The lowest BCUT2D eigenvalue weighted by molar-refractivity contribution is 1.03. The quantitative estimate of drug-likeness (QED) is 0.120. The van der Waals surface area contributed by atoms with Crippen molar-refractivity contribution in [3.05, 3.63) is 80.6 Å². The minimum absolute atomic E-state index is 0.0959. The molecule has 0 fully saturated rings. The van der Waals surface area contributed by atoms with Gasteiger partial charge in [-0.1, -0.05) is 50.1 Å². The van der Waals surface area contributed by atoms with Crippen molar-refractivity contribution < 1.29 is 0 Å². The predicted octanol–water partition coefficient (Wildman–Crippen LogP) is 5.50. The fourth-order valence-corrected chi connectivity index (χ4v) is 5.56. The summed E-state index contributed by atoms with van der Waals surface area (Å²) in [6.45, 7) is 0.516. The van der Waals surface area contributed by atoms with Gasteiger partial charge in [0.25, 0.3) is 0 Å². The molecule has 1 aliphatic rings. The third-order valence-corrected chi connectivity index (χ3v) is 7.35. The first kappa shape index (κ1) is 22.2. The number of fused-ring (bicyclic) bond motifs is 2. The number of nitrogens with one attached hydrogen (secondary N) is 1. The maximum absolute atomic E-state index is 5.49. The van der Waals surface area contributed by atoms with E-state index in [4.69, 9.17) is 21.4 Å². The Morgan fingerprint density at radius 2 is 1.91 bits per heavy atom. The van der Waals surface area contributed by atoms with Gasteiger partial charge in [0.2, 0.25) is 0 Å². The van der Waals surface area contributed by atoms with E-state index in [9.17, 15) is 0 Å². The maximum Gasteiger partial charge on any atom is 0.185 e. The molecule has 2 aromatic heterocycles. The van der Waals surface area contributed by atoms with E-state index in [1.807, 2.05) is 18.5 Å². The van der Waals surface area contributed by atoms with Gasteiger partial charge in [-0.05, 0) is 41.8 Å². The van der Waals surface area contributed by atoms with Crippen LogP contribution in [0.5, 0.6) is 0 Å². The highest BCUT2D eigenvalue weighted by atomic mass is 79.9. The number of aromatic amines is 1. The number of halogens is 2. The van der Waals surface area contributed by atoms with E-state index in [1.165, 1.54) is 11.1 Å². The van der Waals surface area contributed by atoms with Gasteiger partial charge >= 0.3 is 0 Å². The number of benzene rings is 2. The minimum atomic E-state index is 0.0959. The molecule has 2 aromatic carbocycles. The molecule has 0 amide bonds. The van der Waals surface area contributed by atoms with Crippen LogP contribution < -0.4 is 11.5 Å². The lowest BCUT2D eigenvalue weighted by atomic mass is 10.0. The summed E-state index contributed by atoms with van der Waals surface area (Å²) in [5, 5.41) is 1.97. The topological polar surface area (TPSA) is 106 Å². The number of thioether (sulfide) groups is 1. The van der Waals surface area contributed by atoms with Crippen LogP contribution in [0, 0.1) is 0 Å². The molecule has 0 aliphatic heterocycles. The molecule has 6 nitrogen and oxygen atoms in total. The van der Waals surface area contributed by atoms with Crippen LogP contribution in [0.25, 0.3) is 27.7 Å². The van der Waals surface area contributed by atoms with Gasteiger partial charge in [-0.15, -0.1) is 11.8 Å². The van der Waals surface area contributed by atoms with Crippen molar-refractivity contribution in [3.8, 4) is 11.3 Å². The van der Waals surface area contributed by atoms with E-state index < -0.39 is 0 Å². The Kier molecular flexibility index (Phi) is 6.27. The van der Waals surface area contributed by atoms with Crippen molar-refractivity contribution in [1.29, 1.82) is 0 Å². The number of allylic oxidation sites excluding steroid dienone is 1. The van der Waals surface area contributed by atoms with Crippen molar-refractivity contribution in [1.82, 2.24) is 15.0 Å². The number of nitrogens with two attached hydrogens (primary N) is 2. The Bertz CT molecular complexity index is 1420. The number of hydrogen-bond donors (Lipinski definition) is 3. The highest BCUT2D eigenvalue weighted by molar-refractivity contribution is 9.10. The summed E-state index contributed by atoms with van der Waals surface area (Å²) in [6.07, 6.45) is 6.95. The summed E-state index contributed by atoms with van der Waals surface area (Å²) in [5.41, 5.74) is 18.4. The monoisotopic (exact) mass is 582 g/mol. The third-order valence-electron chi connectivity index (χ3n) is 5.42. The van der Waals surface area contributed by atoms with E-state index in [0.717, 1.165) is 53.8 Å². The Morgan fingerprint density at radius 1 is 1.09 bits per heavy atom. The second-order valence-electron chi connectivity index (χ2n) is 7.58. The Balaban J connectivity index is 1.56. The van der Waals surface area contributed by atoms with Gasteiger partial charge in [-0.3, -0.25) is 9.98 Å². The van der Waals surface area contributed by atoms with Crippen LogP contribution in [0.15, 0.2) is 73.8 Å². The number of rotatable bonds is 6. The van der Waals surface area contributed by atoms with Gasteiger partial charge in [-0.2, -0.15) is 0 Å². The number of nitrogens with zero attached hydrogens (tertiary/aromatic N) is 3. The molecule has 4 aromatic rings. The van der Waals surface area contributed by atoms with Crippen LogP contribution >= 0.6 is 43.6 Å². The van der Waals surface area contributed by atoms with Gasteiger partial charge in [-0.25, -0.2) is 4.98 Å². The normalized spacial score (nSPS) is 12.6. The Morgan fingerprint density at radius 3 is 2.76 bits per heavy atom. The summed E-state index contributed by atoms with van der Waals surface area (Å²) in [5.74, 6) is 0.795. The number of H-pyrrole nitrogens is 1. The van der Waals surface area contributed by atoms with Crippen molar-refractivity contribution in [2.75, 3.05) is 12.3 Å². The summed E-state index contributed by atoms with van der Waals surface area (Å²) >= 11 is 8.72. The first-order valence-electron chi connectivity index (χ1n) is 10.3. The fraction of sp³-hybridized carbons (Fsp3) is 0.125. The lowest BCUT2D eigenvalue weighted by Gasteiger charge is -2.12. The van der Waals surface area contributed by atoms with Crippen LogP contribution in [0.1, 0.15) is 16.8 Å². The van der Waals surface area contributed by atoms with Crippen molar-refractivity contribution in [2.24, 2.45) is 16.5 Å². The van der Waals surface area contributed by atoms with Crippen LogP contribution in [-0.4, -0.2) is 33.2 Å². The molecule has 2 heterocycles. The summed E-state index contributed by atoms with van der Waals surface area (Å²) < 4.78 is 2.11. The van der Waals surface area contributed by atoms with Crippen LogP contribution in [0.3, 0.4) is 0 Å². The smallest absolute Gasteiger partial charge is 0.185 e. The molecule has 33 heavy (non-hydrogen) atoms. The molecule has 5 N–H and O–H groups in total. The SMILES string of the molecule is NC(N)=NCCSc1nc(-c2c[nH]c3cc(Br)ccc23)cnc1C1=CCc2cc(Br)ccc21. The molecule has 0 bridgehead atoms. The molecule has 166 valence electrons. The third kappa shape index (κ3) is 4.58. The maximum atomic E-state index is 5.49. The van der Waals surface area contributed by atoms with E-state index in [2.05, 4.69) is 78.2 Å². The average Bonchev–Trinajstić information content (AvgIpc) is 3.40. The Hall–Kier alpha value is -2.62.